The number of amides is 1. The number of hydrogen-bond donors (Lipinski definition) is 2. The number of pyridine rings is 1. The molecule has 0 saturated heterocycles. The molecule has 3 aromatic rings. The molecule has 5 nitrogen and oxygen atoms in total. The Balaban J connectivity index is 1.50. The van der Waals surface area contributed by atoms with Crippen LogP contribution in [0.2, 0.25) is 0 Å². The maximum Gasteiger partial charge on any atom is 0.224 e. The van der Waals surface area contributed by atoms with Gasteiger partial charge in [0.2, 0.25) is 5.91 Å². The molecule has 1 aromatic heterocycles. The third kappa shape index (κ3) is 6.67. The number of anilines is 1. The summed E-state index contributed by atoms with van der Waals surface area (Å²) < 4.78 is 0. The molecule has 0 radical (unpaired) electrons. The SMILES string of the molecule is CC(=O)CC1CCC(CC(=O)Nc2cnc(-c3ccc(C(C)(C)N)cc3)c(-c3ccccc3)c2)CC1. The van der Waals surface area contributed by atoms with Crippen molar-refractivity contribution in [3.05, 3.63) is 72.4 Å². The van der Waals surface area contributed by atoms with E-state index in [2.05, 4.69) is 29.6 Å². The summed E-state index contributed by atoms with van der Waals surface area (Å²) in [6, 6.07) is 20.3. The Bertz CT molecular complexity index is 1190. The maximum atomic E-state index is 12.9. The minimum Gasteiger partial charge on any atom is -0.325 e. The van der Waals surface area contributed by atoms with Gasteiger partial charge in [0, 0.05) is 29.5 Å². The molecule has 188 valence electrons. The number of hydrogen-bond acceptors (Lipinski definition) is 4. The minimum absolute atomic E-state index is 0.0214. The van der Waals surface area contributed by atoms with E-state index >= 15 is 0 Å². The quantitative estimate of drug-likeness (QED) is 0.372. The van der Waals surface area contributed by atoms with Gasteiger partial charge in [0.1, 0.15) is 5.78 Å². The van der Waals surface area contributed by atoms with Gasteiger partial charge in [-0.1, -0.05) is 54.6 Å². The van der Waals surface area contributed by atoms with Crippen LogP contribution in [-0.2, 0) is 15.1 Å². The van der Waals surface area contributed by atoms with Crippen LogP contribution >= 0.6 is 0 Å². The van der Waals surface area contributed by atoms with Gasteiger partial charge in [-0.2, -0.15) is 0 Å². The lowest BCUT2D eigenvalue weighted by Crippen LogP contribution is -2.28. The van der Waals surface area contributed by atoms with Gasteiger partial charge < -0.3 is 15.8 Å². The maximum absolute atomic E-state index is 12.9. The number of rotatable bonds is 8. The molecular formula is C31H37N3O2. The van der Waals surface area contributed by atoms with Crippen molar-refractivity contribution in [2.45, 2.75) is 64.8 Å². The molecule has 1 fully saturated rings. The smallest absolute Gasteiger partial charge is 0.224 e. The third-order valence-electron chi connectivity index (χ3n) is 7.18. The minimum atomic E-state index is -0.408. The molecule has 0 unspecified atom stereocenters. The van der Waals surface area contributed by atoms with E-state index in [0.29, 0.717) is 30.4 Å². The molecule has 0 bridgehead atoms. The summed E-state index contributed by atoms with van der Waals surface area (Å²) in [7, 11) is 0. The van der Waals surface area contributed by atoms with E-state index in [4.69, 9.17) is 10.7 Å². The number of aromatic nitrogens is 1. The summed E-state index contributed by atoms with van der Waals surface area (Å²) in [5.41, 5.74) is 11.5. The van der Waals surface area contributed by atoms with Crippen LogP contribution in [0, 0.1) is 11.8 Å². The van der Waals surface area contributed by atoms with Crippen molar-refractivity contribution in [1.82, 2.24) is 4.98 Å². The van der Waals surface area contributed by atoms with Crippen LogP contribution in [0.4, 0.5) is 5.69 Å². The molecule has 3 N–H and O–H groups in total. The van der Waals surface area contributed by atoms with Gasteiger partial charge in [-0.25, -0.2) is 0 Å². The highest BCUT2D eigenvalue weighted by Gasteiger charge is 2.24. The largest absolute Gasteiger partial charge is 0.325 e. The summed E-state index contributed by atoms with van der Waals surface area (Å²) >= 11 is 0. The lowest BCUT2D eigenvalue weighted by molar-refractivity contribution is -0.119. The summed E-state index contributed by atoms with van der Waals surface area (Å²) in [6.45, 7) is 5.65. The number of nitrogens with zero attached hydrogens (tertiary/aromatic N) is 1. The summed E-state index contributed by atoms with van der Waals surface area (Å²) in [5.74, 6) is 1.14. The van der Waals surface area contributed by atoms with E-state index in [1.807, 2.05) is 50.2 Å². The molecule has 0 aliphatic heterocycles. The highest BCUT2D eigenvalue weighted by Crippen LogP contribution is 2.35. The summed E-state index contributed by atoms with van der Waals surface area (Å²) in [6.07, 6.45) is 7.00. The lowest BCUT2D eigenvalue weighted by atomic mass is 9.78. The van der Waals surface area contributed by atoms with E-state index in [0.717, 1.165) is 53.6 Å². The zero-order valence-corrected chi connectivity index (χ0v) is 21.6. The second-order valence-electron chi connectivity index (χ2n) is 10.8. The van der Waals surface area contributed by atoms with Crippen molar-refractivity contribution >= 4 is 17.4 Å². The lowest BCUT2D eigenvalue weighted by Gasteiger charge is -2.27. The van der Waals surface area contributed by atoms with E-state index in [1.165, 1.54) is 0 Å². The predicted octanol–water partition coefficient (Wildman–Crippen LogP) is 6.72. The fourth-order valence-corrected chi connectivity index (χ4v) is 5.18. The average Bonchev–Trinajstić information content (AvgIpc) is 2.85. The first-order valence-corrected chi connectivity index (χ1v) is 12.9. The van der Waals surface area contributed by atoms with E-state index < -0.39 is 5.54 Å². The number of ketones is 1. The zero-order valence-electron chi connectivity index (χ0n) is 21.6. The Hall–Kier alpha value is -3.31. The van der Waals surface area contributed by atoms with Crippen LogP contribution in [0.1, 0.15) is 64.9 Å². The van der Waals surface area contributed by atoms with Crippen molar-refractivity contribution in [1.29, 1.82) is 0 Å². The number of Topliss-reactive ketones (excluding diaryl/α,β-unsaturated/α-hetero) is 1. The zero-order chi connectivity index (χ0) is 25.7. The first-order chi connectivity index (χ1) is 17.2. The van der Waals surface area contributed by atoms with E-state index in [-0.39, 0.29) is 11.7 Å². The molecule has 1 saturated carbocycles. The first-order valence-electron chi connectivity index (χ1n) is 12.9. The number of benzene rings is 2. The molecular weight excluding hydrogens is 446 g/mol. The summed E-state index contributed by atoms with van der Waals surface area (Å²) in [5, 5.41) is 3.08. The summed E-state index contributed by atoms with van der Waals surface area (Å²) in [4.78, 5) is 29.0. The Morgan fingerprint density at radius 1 is 0.917 bits per heavy atom. The standard InChI is InChI=1S/C31H37N3O2/c1-21(35)17-22-9-11-23(12-10-22)18-29(36)34-27-19-28(24-7-5-4-6-8-24)30(33-20-27)25-13-15-26(16-14-25)31(2,3)32/h4-8,13-16,19-20,22-23H,9-12,17-18,32H2,1-3H3,(H,34,36). The Kier molecular flexibility index (Phi) is 8.00. The topological polar surface area (TPSA) is 85.1 Å². The Morgan fingerprint density at radius 3 is 2.11 bits per heavy atom. The van der Waals surface area contributed by atoms with Crippen LogP contribution in [0.5, 0.6) is 0 Å². The van der Waals surface area contributed by atoms with Crippen molar-refractivity contribution in [3.63, 3.8) is 0 Å². The van der Waals surface area contributed by atoms with E-state index in [1.54, 1.807) is 13.1 Å². The second-order valence-corrected chi connectivity index (χ2v) is 10.8. The average molecular weight is 484 g/mol. The second kappa shape index (κ2) is 11.2. The van der Waals surface area contributed by atoms with Gasteiger partial charge >= 0.3 is 0 Å². The number of nitrogens with one attached hydrogen (secondary N) is 1. The predicted molar refractivity (Wildman–Crippen MR) is 146 cm³/mol. The molecule has 1 amide bonds. The van der Waals surface area contributed by atoms with Gasteiger partial charge in [0.25, 0.3) is 0 Å². The number of nitrogens with two attached hydrogens (primary N) is 1. The van der Waals surface area contributed by atoms with Crippen molar-refractivity contribution < 1.29 is 9.59 Å². The fraction of sp³-hybridized carbons (Fsp3) is 0.387. The van der Waals surface area contributed by atoms with Crippen molar-refractivity contribution in [2.75, 3.05) is 5.32 Å². The normalized spacial score (nSPS) is 18.0. The van der Waals surface area contributed by atoms with Crippen LogP contribution in [-0.4, -0.2) is 16.7 Å². The van der Waals surface area contributed by atoms with E-state index in [9.17, 15) is 9.59 Å². The number of carbonyl (C=O) groups excluding carboxylic acids is 2. The fourth-order valence-electron chi connectivity index (χ4n) is 5.18. The molecule has 1 aliphatic carbocycles. The monoisotopic (exact) mass is 483 g/mol. The molecule has 0 atom stereocenters. The van der Waals surface area contributed by atoms with Gasteiger partial charge in [0.15, 0.2) is 0 Å². The third-order valence-corrected chi connectivity index (χ3v) is 7.18. The van der Waals surface area contributed by atoms with Gasteiger partial charge in [-0.05, 0) is 75.5 Å². The number of carbonyl (C=O) groups is 2. The Morgan fingerprint density at radius 2 is 1.53 bits per heavy atom. The van der Waals surface area contributed by atoms with Crippen molar-refractivity contribution in [3.8, 4) is 22.4 Å². The van der Waals surface area contributed by atoms with Crippen LogP contribution < -0.4 is 11.1 Å². The van der Waals surface area contributed by atoms with Gasteiger partial charge in [-0.3, -0.25) is 9.78 Å². The molecule has 2 aromatic carbocycles. The van der Waals surface area contributed by atoms with Crippen molar-refractivity contribution in [2.24, 2.45) is 17.6 Å². The van der Waals surface area contributed by atoms with Gasteiger partial charge in [0.05, 0.1) is 17.6 Å². The molecule has 5 heteroatoms. The Labute approximate surface area is 214 Å². The van der Waals surface area contributed by atoms with Crippen LogP contribution in [0.25, 0.3) is 22.4 Å². The van der Waals surface area contributed by atoms with Crippen LogP contribution in [0.3, 0.4) is 0 Å². The molecule has 36 heavy (non-hydrogen) atoms. The van der Waals surface area contributed by atoms with Crippen LogP contribution in [0.15, 0.2) is 66.9 Å². The highest BCUT2D eigenvalue weighted by atomic mass is 16.1. The highest BCUT2D eigenvalue weighted by molar-refractivity contribution is 5.93. The molecule has 1 heterocycles. The molecule has 4 rings (SSSR count). The van der Waals surface area contributed by atoms with Gasteiger partial charge in [-0.15, -0.1) is 0 Å². The first kappa shape index (κ1) is 25.8. The molecule has 0 spiro atoms. The molecule has 1 aliphatic rings.